The van der Waals surface area contributed by atoms with E-state index < -0.39 is 22.5 Å². The van der Waals surface area contributed by atoms with Crippen molar-refractivity contribution in [2.24, 2.45) is 0 Å². The number of hydrogen-bond acceptors (Lipinski definition) is 4. The molecular formula is C26H19ClN2O4S. The van der Waals surface area contributed by atoms with E-state index in [1.54, 1.807) is 42.5 Å². The number of amides is 1. The second-order valence-corrected chi connectivity index (χ2v) is 9.96. The first-order valence-electron chi connectivity index (χ1n) is 10.5. The lowest BCUT2D eigenvalue weighted by Gasteiger charge is -2.24. The highest BCUT2D eigenvalue weighted by atomic mass is 35.5. The minimum absolute atomic E-state index is 0.0391. The summed E-state index contributed by atoms with van der Waals surface area (Å²) in [5.41, 5.74) is 2.27. The largest absolute Gasteiger partial charge is 0.456 e. The van der Waals surface area contributed by atoms with Crippen LogP contribution in [0.3, 0.4) is 0 Å². The summed E-state index contributed by atoms with van der Waals surface area (Å²) < 4.78 is 33.7. The van der Waals surface area contributed by atoms with Crippen LogP contribution in [0.25, 0.3) is 21.9 Å². The van der Waals surface area contributed by atoms with Crippen LogP contribution in [0.1, 0.15) is 0 Å². The zero-order valence-electron chi connectivity index (χ0n) is 17.8. The highest BCUT2D eigenvalue weighted by Crippen LogP contribution is 2.30. The first-order valence-corrected chi connectivity index (χ1v) is 12.3. The van der Waals surface area contributed by atoms with Crippen LogP contribution in [0.15, 0.2) is 106 Å². The van der Waals surface area contributed by atoms with Crippen molar-refractivity contribution >= 4 is 60.8 Å². The number of carbonyl (C=O) groups is 1. The maximum absolute atomic E-state index is 13.4. The zero-order chi connectivity index (χ0) is 23.7. The summed E-state index contributed by atoms with van der Waals surface area (Å²) in [6, 6.07) is 27.4. The van der Waals surface area contributed by atoms with Gasteiger partial charge < -0.3 is 9.73 Å². The Morgan fingerprint density at radius 2 is 1.50 bits per heavy atom. The van der Waals surface area contributed by atoms with Crippen molar-refractivity contribution in [1.82, 2.24) is 0 Å². The Morgan fingerprint density at radius 1 is 0.824 bits per heavy atom. The second kappa shape index (κ2) is 8.85. The van der Waals surface area contributed by atoms with Crippen LogP contribution in [0.2, 0.25) is 5.02 Å². The number of hydrogen-bond donors (Lipinski definition) is 1. The Hall–Kier alpha value is -3.81. The number of halogens is 1. The Balaban J connectivity index is 1.44. The summed E-state index contributed by atoms with van der Waals surface area (Å²) in [6.45, 7) is -0.410. The van der Waals surface area contributed by atoms with Crippen molar-refractivity contribution in [3.8, 4) is 0 Å². The molecule has 1 N–H and O–H groups in total. The topological polar surface area (TPSA) is 79.6 Å². The molecule has 170 valence electrons. The predicted octanol–water partition coefficient (Wildman–Crippen LogP) is 6.07. The van der Waals surface area contributed by atoms with Gasteiger partial charge in [-0.2, -0.15) is 0 Å². The van der Waals surface area contributed by atoms with Crippen molar-refractivity contribution in [2.75, 3.05) is 16.2 Å². The average molecular weight is 491 g/mol. The Labute approximate surface area is 201 Å². The molecule has 1 amide bonds. The van der Waals surface area contributed by atoms with Crippen LogP contribution in [0, 0.1) is 0 Å². The molecule has 0 fully saturated rings. The lowest BCUT2D eigenvalue weighted by atomic mass is 10.1. The molecule has 0 aliphatic heterocycles. The van der Waals surface area contributed by atoms with Gasteiger partial charge >= 0.3 is 0 Å². The van der Waals surface area contributed by atoms with Crippen molar-refractivity contribution in [1.29, 1.82) is 0 Å². The third-order valence-corrected chi connectivity index (χ3v) is 7.44. The molecule has 0 radical (unpaired) electrons. The van der Waals surface area contributed by atoms with Crippen molar-refractivity contribution < 1.29 is 17.6 Å². The van der Waals surface area contributed by atoms with Gasteiger partial charge in [0, 0.05) is 27.5 Å². The molecule has 0 unspecified atom stereocenters. The fraction of sp³-hybridized carbons (Fsp3) is 0.0385. The van der Waals surface area contributed by atoms with Crippen LogP contribution >= 0.6 is 11.6 Å². The first kappa shape index (κ1) is 22.0. The van der Waals surface area contributed by atoms with E-state index in [9.17, 15) is 13.2 Å². The van der Waals surface area contributed by atoms with E-state index in [1.165, 1.54) is 24.3 Å². The average Bonchev–Trinajstić information content (AvgIpc) is 3.21. The van der Waals surface area contributed by atoms with Crippen molar-refractivity contribution in [2.45, 2.75) is 4.90 Å². The van der Waals surface area contributed by atoms with Gasteiger partial charge in [0.2, 0.25) is 5.91 Å². The molecule has 0 aliphatic carbocycles. The van der Waals surface area contributed by atoms with Crippen LogP contribution in [-0.2, 0) is 14.8 Å². The lowest BCUT2D eigenvalue weighted by Crippen LogP contribution is -2.38. The van der Waals surface area contributed by atoms with Gasteiger partial charge in [0.05, 0.1) is 10.6 Å². The number of para-hydroxylation sites is 2. The fourth-order valence-electron chi connectivity index (χ4n) is 3.78. The molecule has 1 heterocycles. The maximum atomic E-state index is 13.4. The van der Waals surface area contributed by atoms with Gasteiger partial charge in [-0.15, -0.1) is 0 Å². The van der Waals surface area contributed by atoms with E-state index >= 15 is 0 Å². The van der Waals surface area contributed by atoms with E-state index in [-0.39, 0.29) is 4.90 Å². The van der Waals surface area contributed by atoms with Gasteiger partial charge in [0.1, 0.15) is 17.7 Å². The van der Waals surface area contributed by atoms with Gasteiger partial charge in [-0.05, 0) is 54.6 Å². The number of anilines is 2. The number of fused-ring (bicyclic) bond motifs is 3. The van der Waals surface area contributed by atoms with Crippen molar-refractivity contribution in [3.05, 3.63) is 102 Å². The third-order valence-electron chi connectivity index (χ3n) is 5.40. The molecule has 0 atom stereocenters. The van der Waals surface area contributed by atoms with E-state index in [2.05, 4.69) is 5.32 Å². The molecule has 5 rings (SSSR count). The van der Waals surface area contributed by atoms with Crippen LogP contribution < -0.4 is 9.62 Å². The van der Waals surface area contributed by atoms with Crippen molar-refractivity contribution in [3.63, 3.8) is 0 Å². The first-order chi connectivity index (χ1) is 16.4. The number of nitrogens with one attached hydrogen (secondary N) is 1. The number of carbonyl (C=O) groups excluding carboxylic acids is 1. The Kier molecular flexibility index (Phi) is 5.73. The summed E-state index contributed by atoms with van der Waals surface area (Å²) in [5.74, 6) is -0.489. The number of benzene rings is 4. The SMILES string of the molecule is O=C(CN(c1ccccc1)S(=O)(=O)c1ccc(Cl)cc1)Nc1ccc2c(c1)oc1ccccc12. The van der Waals surface area contributed by atoms with Gasteiger partial charge in [-0.1, -0.05) is 48.0 Å². The summed E-state index contributed by atoms with van der Waals surface area (Å²) in [5, 5.41) is 5.13. The molecule has 0 aliphatic rings. The molecule has 34 heavy (non-hydrogen) atoms. The smallest absolute Gasteiger partial charge is 0.264 e. The second-order valence-electron chi connectivity index (χ2n) is 7.66. The molecule has 8 heteroatoms. The summed E-state index contributed by atoms with van der Waals surface area (Å²) in [7, 11) is -4.01. The molecule has 0 saturated heterocycles. The molecule has 0 bridgehead atoms. The van der Waals surface area contributed by atoms with Crippen LogP contribution in [-0.4, -0.2) is 20.9 Å². The molecule has 1 aromatic heterocycles. The number of furan rings is 1. The van der Waals surface area contributed by atoms with E-state index in [4.69, 9.17) is 16.0 Å². The molecule has 4 aromatic carbocycles. The third kappa shape index (κ3) is 4.23. The Bertz CT molecular complexity index is 1600. The molecule has 5 aromatic rings. The normalized spacial score (nSPS) is 11.6. The van der Waals surface area contributed by atoms with E-state index in [0.717, 1.165) is 20.7 Å². The molecule has 0 spiro atoms. The molecule has 0 saturated carbocycles. The summed E-state index contributed by atoms with van der Waals surface area (Å²) in [4.78, 5) is 13.0. The quantitative estimate of drug-likeness (QED) is 0.313. The van der Waals surface area contributed by atoms with E-state index in [0.29, 0.717) is 22.0 Å². The predicted molar refractivity (Wildman–Crippen MR) is 135 cm³/mol. The highest BCUT2D eigenvalue weighted by molar-refractivity contribution is 7.92. The van der Waals surface area contributed by atoms with Crippen LogP contribution in [0.5, 0.6) is 0 Å². The number of rotatable bonds is 6. The number of nitrogens with zero attached hydrogens (tertiary/aromatic N) is 1. The summed E-state index contributed by atoms with van der Waals surface area (Å²) >= 11 is 5.92. The lowest BCUT2D eigenvalue weighted by molar-refractivity contribution is -0.114. The number of sulfonamides is 1. The standard InChI is InChI=1S/C26H19ClN2O4S/c27-18-10-13-21(14-11-18)34(31,32)29(20-6-2-1-3-7-20)17-26(30)28-19-12-15-23-22-8-4-5-9-24(22)33-25(23)16-19/h1-16H,17H2,(H,28,30). The monoisotopic (exact) mass is 490 g/mol. The zero-order valence-corrected chi connectivity index (χ0v) is 19.4. The highest BCUT2D eigenvalue weighted by Gasteiger charge is 2.27. The van der Waals surface area contributed by atoms with Crippen LogP contribution in [0.4, 0.5) is 11.4 Å². The van der Waals surface area contributed by atoms with Gasteiger partial charge in [0.15, 0.2) is 0 Å². The van der Waals surface area contributed by atoms with Gasteiger partial charge in [-0.3, -0.25) is 9.10 Å². The fourth-order valence-corrected chi connectivity index (χ4v) is 5.32. The van der Waals surface area contributed by atoms with E-state index in [1.807, 2.05) is 30.3 Å². The Morgan fingerprint density at radius 3 is 2.26 bits per heavy atom. The molecule has 6 nitrogen and oxygen atoms in total. The minimum atomic E-state index is -4.01. The minimum Gasteiger partial charge on any atom is -0.456 e. The molecular weight excluding hydrogens is 472 g/mol. The maximum Gasteiger partial charge on any atom is 0.264 e. The summed E-state index contributed by atoms with van der Waals surface area (Å²) in [6.07, 6.45) is 0. The van der Waals surface area contributed by atoms with Gasteiger partial charge in [-0.25, -0.2) is 8.42 Å². The van der Waals surface area contributed by atoms with Gasteiger partial charge in [0.25, 0.3) is 10.0 Å².